The van der Waals surface area contributed by atoms with Crippen molar-refractivity contribution in [3.63, 3.8) is 0 Å². The summed E-state index contributed by atoms with van der Waals surface area (Å²) in [6.07, 6.45) is 15.9. The maximum absolute atomic E-state index is 2.31. The predicted octanol–water partition coefficient (Wildman–Crippen LogP) is 6.71. The van der Waals surface area contributed by atoms with E-state index in [1.165, 1.54) is 53.7 Å². The zero-order chi connectivity index (χ0) is 17.9. The summed E-state index contributed by atoms with van der Waals surface area (Å²) in [4.78, 5) is 0. The molecule has 3 aliphatic rings. The molecule has 0 spiro atoms. The maximum atomic E-state index is 2.31. The summed E-state index contributed by atoms with van der Waals surface area (Å²) in [6.45, 7) is 15.6. The van der Waals surface area contributed by atoms with Gasteiger partial charge >= 0.3 is 17.1 Å². The first kappa shape index (κ1) is 23.5. The molecule has 0 heterocycles. The Morgan fingerprint density at radius 1 is 0.760 bits per heavy atom. The van der Waals surface area contributed by atoms with Gasteiger partial charge in [0.25, 0.3) is 0 Å². The van der Waals surface area contributed by atoms with Gasteiger partial charge in [0.15, 0.2) is 0 Å². The molecule has 10 radical (unpaired) electrons. The molecule has 0 nitrogen and oxygen atoms in total. The van der Waals surface area contributed by atoms with Crippen LogP contribution in [0.25, 0.3) is 0 Å². The van der Waals surface area contributed by atoms with Crippen LogP contribution in [0, 0.1) is 60.7 Å². The van der Waals surface area contributed by atoms with Crippen molar-refractivity contribution < 1.29 is 17.1 Å². The summed E-state index contributed by atoms with van der Waals surface area (Å²) < 4.78 is 0. The Morgan fingerprint density at radius 2 is 1.24 bits per heavy atom. The summed E-state index contributed by atoms with van der Waals surface area (Å²) in [5.41, 5.74) is 0. The number of allylic oxidation sites excluding steroid dienone is 4. The number of rotatable bonds is 3. The molecule has 0 aromatic carbocycles. The first-order valence-electron chi connectivity index (χ1n) is 9.01. The van der Waals surface area contributed by atoms with E-state index in [0.29, 0.717) is 0 Å². The molecule has 0 aromatic rings. The van der Waals surface area contributed by atoms with Gasteiger partial charge in [0, 0.05) is 11.8 Å². The van der Waals surface area contributed by atoms with Crippen LogP contribution in [-0.2, 0) is 17.1 Å². The fourth-order valence-electron chi connectivity index (χ4n) is 3.39. The van der Waals surface area contributed by atoms with Crippen LogP contribution in [-0.4, -0.2) is 12.3 Å². The summed E-state index contributed by atoms with van der Waals surface area (Å²) in [7, 11) is 0.0746. The average Bonchev–Trinajstić information content (AvgIpc) is 3.14. The normalized spacial score (nSPS) is 24.2. The fraction of sp³-hybridized carbons (Fsp3) is 0.391. The largest absolute Gasteiger partial charge is 2.00 e. The summed E-state index contributed by atoms with van der Waals surface area (Å²) in [5.74, 6) is 10.2. The third-order valence-corrected chi connectivity index (χ3v) is 8.17. The Kier molecular flexibility index (Phi) is 10.0. The molecule has 0 aromatic heterocycles. The minimum absolute atomic E-state index is 0. The molecular formula is C23H31FeP+2. The molecule has 0 amide bonds. The van der Waals surface area contributed by atoms with E-state index in [4.69, 9.17) is 0 Å². The van der Waals surface area contributed by atoms with E-state index in [1.54, 1.807) is 5.31 Å². The van der Waals surface area contributed by atoms with Gasteiger partial charge in [-0.25, -0.2) is 0 Å². The Hall–Kier alpha value is 0.429. The van der Waals surface area contributed by atoms with E-state index >= 15 is 0 Å². The molecule has 0 atom stereocenters. The van der Waals surface area contributed by atoms with Crippen molar-refractivity contribution in [1.82, 2.24) is 0 Å². The Morgan fingerprint density at radius 3 is 1.68 bits per heavy atom. The zero-order valence-corrected chi connectivity index (χ0v) is 18.7. The van der Waals surface area contributed by atoms with Crippen molar-refractivity contribution in [3.8, 4) is 0 Å². The zero-order valence-electron chi connectivity index (χ0n) is 16.7. The standard InChI is InChI=1S/C13H16P.C10H15.Fe/c1-3-14(4-2)13-10-6-8-11-7-5-9-12(11)13;1-6-7(2)9(4)10(5)8(6)3;/h5-10H,3-4H2,1-2H3;1-5H3;/q;;+2. The van der Waals surface area contributed by atoms with Crippen LogP contribution in [0.15, 0.2) is 23.5 Å². The van der Waals surface area contributed by atoms with Crippen LogP contribution < -0.4 is 0 Å². The molecule has 2 saturated carbocycles. The van der Waals surface area contributed by atoms with Gasteiger partial charge in [0.2, 0.25) is 0 Å². The molecule has 2 fully saturated rings. The van der Waals surface area contributed by atoms with Crippen LogP contribution in [0.4, 0.5) is 0 Å². The first-order chi connectivity index (χ1) is 11.4. The molecule has 134 valence electrons. The van der Waals surface area contributed by atoms with Crippen molar-refractivity contribution in [2.75, 3.05) is 12.3 Å². The van der Waals surface area contributed by atoms with E-state index in [-0.39, 0.29) is 25.0 Å². The number of fused-ring (bicyclic) bond motifs is 1. The fourth-order valence-corrected chi connectivity index (χ4v) is 5.36. The third-order valence-electron chi connectivity index (χ3n) is 5.57. The number of hydrogen-bond donors (Lipinski definition) is 0. The van der Waals surface area contributed by atoms with E-state index in [9.17, 15) is 0 Å². The molecule has 0 bridgehead atoms. The van der Waals surface area contributed by atoms with Crippen molar-refractivity contribution in [2.24, 2.45) is 0 Å². The van der Waals surface area contributed by atoms with Crippen molar-refractivity contribution >= 4 is 7.92 Å². The van der Waals surface area contributed by atoms with Gasteiger partial charge in [0.1, 0.15) is 0 Å². The molecule has 3 aliphatic carbocycles. The van der Waals surface area contributed by atoms with Crippen LogP contribution in [0.5, 0.6) is 0 Å². The third kappa shape index (κ3) is 5.24. The molecule has 0 saturated heterocycles. The van der Waals surface area contributed by atoms with Crippen molar-refractivity contribution in [1.29, 1.82) is 0 Å². The molecule has 25 heavy (non-hydrogen) atoms. The second-order valence-corrected chi connectivity index (χ2v) is 9.43. The first-order valence-corrected chi connectivity index (χ1v) is 10.7. The molecule has 0 unspecified atom stereocenters. The predicted molar refractivity (Wildman–Crippen MR) is 109 cm³/mol. The van der Waals surface area contributed by atoms with Gasteiger partial charge in [-0.1, -0.05) is 74.6 Å². The van der Waals surface area contributed by atoms with E-state index < -0.39 is 0 Å². The van der Waals surface area contributed by atoms with Crippen molar-refractivity contribution in [2.45, 2.75) is 48.5 Å². The van der Waals surface area contributed by atoms with Gasteiger partial charge in [-0.05, 0) is 66.5 Å². The van der Waals surface area contributed by atoms with Crippen molar-refractivity contribution in [3.05, 3.63) is 84.2 Å². The molecule has 0 aliphatic heterocycles. The molecular weight excluding hydrogens is 363 g/mol. The second kappa shape index (κ2) is 10.7. The van der Waals surface area contributed by atoms with E-state index in [0.717, 1.165) is 0 Å². The van der Waals surface area contributed by atoms with Crippen LogP contribution >= 0.6 is 7.92 Å². The summed E-state index contributed by atoms with van der Waals surface area (Å²) >= 11 is 0. The minimum Gasteiger partial charge on any atom is -0.0796 e. The Balaban J connectivity index is 0.000000254. The van der Waals surface area contributed by atoms with Crippen LogP contribution in [0.1, 0.15) is 48.5 Å². The van der Waals surface area contributed by atoms with Crippen LogP contribution in [0.3, 0.4) is 0 Å². The summed E-state index contributed by atoms with van der Waals surface area (Å²) in [5, 5.41) is 1.59. The topological polar surface area (TPSA) is 0 Å². The van der Waals surface area contributed by atoms with Gasteiger partial charge in [-0.15, -0.1) is 0 Å². The number of hydrogen-bond acceptors (Lipinski definition) is 0. The van der Waals surface area contributed by atoms with Gasteiger partial charge in [-0.3, -0.25) is 0 Å². The molecule has 2 heteroatoms. The van der Waals surface area contributed by atoms with Crippen LogP contribution in [0.2, 0.25) is 0 Å². The molecule has 0 N–H and O–H groups in total. The average molecular weight is 394 g/mol. The van der Waals surface area contributed by atoms with E-state index in [1.807, 2.05) is 0 Å². The smallest absolute Gasteiger partial charge is 0.0796 e. The van der Waals surface area contributed by atoms with E-state index in [2.05, 4.69) is 86.0 Å². The minimum atomic E-state index is 0. The second-order valence-electron chi connectivity index (χ2n) is 6.60. The maximum Gasteiger partial charge on any atom is 2.00 e. The van der Waals surface area contributed by atoms with Gasteiger partial charge < -0.3 is 0 Å². The summed E-state index contributed by atoms with van der Waals surface area (Å²) in [6, 6.07) is 0. The van der Waals surface area contributed by atoms with Gasteiger partial charge in [0.05, 0.1) is 0 Å². The SMILES string of the molecule is CCP(CC)C1=CC=C[C]2[CH][CH][CH][C]21.C[C]1[C](C)[C](C)[C](C)[C]1C.[Fe+2]. The quantitative estimate of drug-likeness (QED) is 0.369. The Bertz CT molecular complexity index is 406. The van der Waals surface area contributed by atoms with Gasteiger partial charge in [-0.2, -0.15) is 0 Å². The monoisotopic (exact) mass is 394 g/mol. The Labute approximate surface area is 169 Å². The molecule has 3 rings (SSSR count).